The van der Waals surface area contributed by atoms with Crippen molar-refractivity contribution in [1.82, 2.24) is 9.97 Å². The molecule has 6 nitrogen and oxygen atoms in total. The number of rotatable bonds is 2. The molecule has 1 aliphatic heterocycles. The van der Waals surface area contributed by atoms with Crippen LogP contribution in [0.2, 0.25) is 0 Å². The molecule has 92 valence electrons. The summed E-state index contributed by atoms with van der Waals surface area (Å²) in [6, 6.07) is 0. The van der Waals surface area contributed by atoms with Gasteiger partial charge in [0, 0.05) is 13.1 Å². The molecule has 1 aromatic rings. The van der Waals surface area contributed by atoms with Gasteiger partial charge >= 0.3 is 5.97 Å². The van der Waals surface area contributed by atoms with Crippen LogP contribution in [0.3, 0.4) is 0 Å². The van der Waals surface area contributed by atoms with Crippen molar-refractivity contribution >= 4 is 11.8 Å². The molecule has 2 N–H and O–H groups in total. The Morgan fingerprint density at radius 3 is 2.94 bits per heavy atom. The van der Waals surface area contributed by atoms with Gasteiger partial charge in [0.25, 0.3) is 0 Å². The second kappa shape index (κ2) is 4.29. The first kappa shape index (κ1) is 11.8. The van der Waals surface area contributed by atoms with Gasteiger partial charge in [-0.3, -0.25) is 4.98 Å². The fourth-order valence-electron chi connectivity index (χ4n) is 2.03. The van der Waals surface area contributed by atoms with Crippen LogP contribution in [0.25, 0.3) is 0 Å². The van der Waals surface area contributed by atoms with E-state index in [0.29, 0.717) is 12.4 Å². The minimum absolute atomic E-state index is 0.0762. The molecule has 1 unspecified atom stereocenters. The third kappa shape index (κ3) is 2.71. The first-order valence-electron chi connectivity index (χ1n) is 5.51. The third-order valence-electron chi connectivity index (χ3n) is 2.84. The van der Waals surface area contributed by atoms with Gasteiger partial charge < -0.3 is 15.1 Å². The highest BCUT2D eigenvalue weighted by Gasteiger charge is 2.29. The van der Waals surface area contributed by atoms with Crippen molar-refractivity contribution in [2.75, 3.05) is 18.0 Å². The molecule has 1 atom stereocenters. The number of β-amino-alcohol motifs (C(OH)–C–C–N with tert-alkyl or cyclic N) is 1. The highest BCUT2D eigenvalue weighted by Crippen LogP contribution is 2.23. The van der Waals surface area contributed by atoms with Gasteiger partial charge in [0.1, 0.15) is 5.82 Å². The van der Waals surface area contributed by atoms with Gasteiger partial charge in [-0.25, -0.2) is 9.78 Å². The Balaban J connectivity index is 2.22. The van der Waals surface area contributed by atoms with Gasteiger partial charge in [-0.05, 0) is 19.8 Å². The summed E-state index contributed by atoms with van der Waals surface area (Å²) in [5.74, 6) is -0.590. The van der Waals surface area contributed by atoms with Gasteiger partial charge in [-0.15, -0.1) is 0 Å². The summed E-state index contributed by atoms with van der Waals surface area (Å²) in [5.41, 5.74) is -0.827. The van der Waals surface area contributed by atoms with Crippen LogP contribution in [-0.2, 0) is 0 Å². The molecule has 6 heteroatoms. The largest absolute Gasteiger partial charge is 0.476 e. The van der Waals surface area contributed by atoms with Crippen LogP contribution in [0.4, 0.5) is 5.82 Å². The van der Waals surface area contributed by atoms with Crippen LogP contribution in [-0.4, -0.2) is 44.8 Å². The van der Waals surface area contributed by atoms with E-state index in [2.05, 4.69) is 9.97 Å². The zero-order chi connectivity index (χ0) is 12.5. The lowest BCUT2D eigenvalue weighted by atomic mass is 9.95. The highest BCUT2D eigenvalue weighted by molar-refractivity contribution is 5.85. The zero-order valence-corrected chi connectivity index (χ0v) is 9.63. The summed E-state index contributed by atoms with van der Waals surface area (Å²) < 4.78 is 0. The van der Waals surface area contributed by atoms with E-state index in [-0.39, 0.29) is 5.69 Å². The Labute approximate surface area is 98.9 Å². The van der Waals surface area contributed by atoms with Gasteiger partial charge in [-0.1, -0.05) is 0 Å². The Morgan fingerprint density at radius 1 is 1.53 bits per heavy atom. The van der Waals surface area contributed by atoms with E-state index in [1.807, 2.05) is 4.90 Å². The topological polar surface area (TPSA) is 86.5 Å². The molecule has 0 amide bonds. The van der Waals surface area contributed by atoms with Crippen molar-refractivity contribution in [3.05, 3.63) is 18.1 Å². The predicted molar refractivity (Wildman–Crippen MR) is 61.1 cm³/mol. The summed E-state index contributed by atoms with van der Waals surface area (Å²) in [7, 11) is 0. The van der Waals surface area contributed by atoms with Gasteiger partial charge in [0.2, 0.25) is 0 Å². The average Bonchev–Trinajstić information content (AvgIpc) is 2.28. The predicted octanol–water partition coefficient (Wildman–Crippen LogP) is 0.526. The minimum Gasteiger partial charge on any atom is -0.476 e. The Kier molecular flexibility index (Phi) is 2.97. The number of piperidine rings is 1. The molecule has 1 aliphatic rings. The molecule has 0 spiro atoms. The van der Waals surface area contributed by atoms with E-state index >= 15 is 0 Å². The van der Waals surface area contributed by atoms with Crippen molar-refractivity contribution in [3.63, 3.8) is 0 Å². The van der Waals surface area contributed by atoms with Crippen LogP contribution in [0.15, 0.2) is 12.4 Å². The number of anilines is 1. The maximum atomic E-state index is 10.8. The number of hydrogen-bond acceptors (Lipinski definition) is 5. The molecule has 1 aromatic heterocycles. The number of hydrogen-bond donors (Lipinski definition) is 2. The molecule has 2 heterocycles. The number of carboxylic acids is 1. The van der Waals surface area contributed by atoms with Crippen LogP contribution in [0.5, 0.6) is 0 Å². The first-order chi connectivity index (χ1) is 7.98. The van der Waals surface area contributed by atoms with Crippen LogP contribution in [0, 0.1) is 0 Å². The molecule has 0 bridgehead atoms. The van der Waals surface area contributed by atoms with Crippen molar-refractivity contribution in [2.45, 2.75) is 25.4 Å². The lowest BCUT2D eigenvalue weighted by Crippen LogP contribution is -2.46. The molecular formula is C11H15N3O3. The maximum Gasteiger partial charge on any atom is 0.356 e. The van der Waals surface area contributed by atoms with Crippen LogP contribution >= 0.6 is 0 Å². The lowest BCUT2D eigenvalue weighted by molar-refractivity contribution is 0.0447. The van der Waals surface area contributed by atoms with E-state index in [0.717, 1.165) is 19.4 Å². The Morgan fingerprint density at radius 2 is 2.29 bits per heavy atom. The summed E-state index contributed by atoms with van der Waals surface area (Å²) in [5, 5.41) is 18.8. The standard InChI is InChI=1S/C11H15N3O3/c1-11(17)3-2-4-14(7-11)9-6-12-5-8(13-9)10(15)16/h5-6,17H,2-4,7H2,1H3,(H,15,16). The fraction of sp³-hybridized carbons (Fsp3) is 0.545. The minimum atomic E-state index is -1.09. The van der Waals surface area contributed by atoms with Crippen molar-refractivity contribution in [2.24, 2.45) is 0 Å². The number of aromatic nitrogens is 2. The van der Waals surface area contributed by atoms with Crippen LogP contribution < -0.4 is 4.90 Å². The van der Waals surface area contributed by atoms with Crippen LogP contribution in [0.1, 0.15) is 30.3 Å². The van der Waals surface area contributed by atoms with Crippen molar-refractivity contribution < 1.29 is 15.0 Å². The number of aliphatic hydroxyl groups is 1. The van der Waals surface area contributed by atoms with E-state index in [4.69, 9.17) is 5.11 Å². The second-order valence-corrected chi connectivity index (χ2v) is 4.59. The molecule has 2 rings (SSSR count). The summed E-state index contributed by atoms with van der Waals surface area (Å²) in [6.07, 6.45) is 4.34. The quantitative estimate of drug-likeness (QED) is 0.780. The van der Waals surface area contributed by atoms with Gasteiger partial charge in [-0.2, -0.15) is 0 Å². The summed E-state index contributed by atoms with van der Waals surface area (Å²) >= 11 is 0. The fourth-order valence-corrected chi connectivity index (χ4v) is 2.03. The van der Waals surface area contributed by atoms with E-state index in [9.17, 15) is 9.90 Å². The van der Waals surface area contributed by atoms with Gasteiger partial charge in [0.05, 0.1) is 18.0 Å². The van der Waals surface area contributed by atoms with E-state index < -0.39 is 11.6 Å². The number of nitrogens with zero attached hydrogens (tertiary/aromatic N) is 3. The number of aromatic carboxylic acids is 1. The third-order valence-corrected chi connectivity index (χ3v) is 2.84. The monoisotopic (exact) mass is 237 g/mol. The summed E-state index contributed by atoms with van der Waals surface area (Å²) in [4.78, 5) is 20.5. The number of carbonyl (C=O) groups is 1. The molecular weight excluding hydrogens is 222 g/mol. The SMILES string of the molecule is CC1(O)CCCN(c2cncc(C(=O)O)n2)C1. The molecule has 0 aromatic carbocycles. The smallest absolute Gasteiger partial charge is 0.356 e. The lowest BCUT2D eigenvalue weighted by Gasteiger charge is -2.37. The molecule has 0 radical (unpaired) electrons. The zero-order valence-electron chi connectivity index (χ0n) is 9.63. The van der Waals surface area contributed by atoms with Gasteiger partial charge in [0.15, 0.2) is 5.69 Å². The molecule has 1 saturated heterocycles. The normalized spacial score (nSPS) is 24.7. The Hall–Kier alpha value is -1.69. The van der Waals surface area contributed by atoms with E-state index in [1.165, 1.54) is 12.4 Å². The summed E-state index contributed by atoms with van der Waals surface area (Å²) in [6.45, 7) is 2.98. The first-order valence-corrected chi connectivity index (χ1v) is 5.51. The maximum absolute atomic E-state index is 10.8. The molecule has 0 saturated carbocycles. The van der Waals surface area contributed by atoms with Crippen molar-refractivity contribution in [3.8, 4) is 0 Å². The number of carboxylic acid groups (broad SMARTS) is 1. The molecule has 17 heavy (non-hydrogen) atoms. The van der Waals surface area contributed by atoms with Crippen molar-refractivity contribution in [1.29, 1.82) is 0 Å². The average molecular weight is 237 g/mol. The second-order valence-electron chi connectivity index (χ2n) is 4.59. The highest BCUT2D eigenvalue weighted by atomic mass is 16.4. The Bertz CT molecular complexity index is 434. The van der Waals surface area contributed by atoms with E-state index in [1.54, 1.807) is 6.92 Å². The molecule has 1 fully saturated rings. The molecule has 0 aliphatic carbocycles.